The van der Waals surface area contributed by atoms with E-state index in [1.54, 1.807) is 22.3 Å². The molecule has 0 saturated heterocycles. The van der Waals surface area contributed by atoms with Crippen molar-refractivity contribution in [3.63, 3.8) is 0 Å². The SMILES string of the molecule is C1=CCCC(C2=C(C3=CCC=CC3)C=CCC2C2CC=CCC2)=C1. The van der Waals surface area contributed by atoms with E-state index >= 15 is 0 Å². The summed E-state index contributed by atoms with van der Waals surface area (Å²) in [6.45, 7) is 0. The largest absolute Gasteiger partial charge is 0.0885 e. The van der Waals surface area contributed by atoms with Gasteiger partial charge in [0.2, 0.25) is 0 Å². The van der Waals surface area contributed by atoms with Gasteiger partial charge in [-0.15, -0.1) is 0 Å². The Morgan fingerprint density at radius 1 is 0.833 bits per heavy atom. The Bertz CT molecular complexity index is 688. The summed E-state index contributed by atoms with van der Waals surface area (Å²) in [7, 11) is 0. The van der Waals surface area contributed by atoms with Crippen molar-refractivity contribution in [2.24, 2.45) is 11.8 Å². The third-order valence-corrected chi connectivity index (χ3v) is 5.92. The molecule has 0 radical (unpaired) electrons. The maximum Gasteiger partial charge on any atom is -0.00871 e. The fourth-order valence-corrected chi connectivity index (χ4v) is 4.69. The Balaban J connectivity index is 1.76. The highest BCUT2D eigenvalue weighted by atomic mass is 14.3. The molecule has 0 N–H and O–H groups in total. The second-order valence-corrected chi connectivity index (χ2v) is 7.42. The minimum Gasteiger partial charge on any atom is -0.0885 e. The molecule has 0 spiro atoms. The summed E-state index contributed by atoms with van der Waals surface area (Å²) in [6.07, 6.45) is 33.4. The summed E-state index contributed by atoms with van der Waals surface area (Å²) in [5.41, 5.74) is 6.39. The van der Waals surface area contributed by atoms with Crippen LogP contribution in [-0.2, 0) is 0 Å². The predicted molar refractivity (Wildman–Crippen MR) is 104 cm³/mol. The molecule has 4 aliphatic carbocycles. The van der Waals surface area contributed by atoms with Crippen molar-refractivity contribution in [1.82, 2.24) is 0 Å². The molecule has 2 atom stereocenters. The molecular weight excluding hydrogens is 288 g/mol. The van der Waals surface area contributed by atoms with Crippen LogP contribution in [0.1, 0.15) is 51.4 Å². The Kier molecular flexibility index (Phi) is 4.83. The van der Waals surface area contributed by atoms with Gasteiger partial charge in [0.25, 0.3) is 0 Å². The lowest BCUT2D eigenvalue weighted by atomic mass is 9.69. The van der Waals surface area contributed by atoms with Crippen LogP contribution in [-0.4, -0.2) is 0 Å². The summed E-state index contributed by atoms with van der Waals surface area (Å²) in [6, 6.07) is 0. The second kappa shape index (κ2) is 7.38. The number of allylic oxidation sites excluding steroid dienone is 14. The summed E-state index contributed by atoms with van der Waals surface area (Å²) < 4.78 is 0. The van der Waals surface area contributed by atoms with E-state index in [2.05, 4.69) is 60.8 Å². The first-order valence-electron chi connectivity index (χ1n) is 9.69. The minimum absolute atomic E-state index is 0.708. The summed E-state index contributed by atoms with van der Waals surface area (Å²) >= 11 is 0. The molecule has 4 rings (SSSR count). The van der Waals surface area contributed by atoms with E-state index in [1.807, 2.05) is 0 Å². The van der Waals surface area contributed by atoms with Crippen LogP contribution in [0.5, 0.6) is 0 Å². The van der Waals surface area contributed by atoms with E-state index < -0.39 is 0 Å². The van der Waals surface area contributed by atoms with Crippen LogP contribution in [0.4, 0.5) is 0 Å². The molecule has 0 nitrogen and oxygen atoms in total. The third kappa shape index (κ3) is 3.20. The molecule has 0 saturated carbocycles. The lowest BCUT2D eigenvalue weighted by molar-refractivity contribution is 0.349. The van der Waals surface area contributed by atoms with Crippen molar-refractivity contribution in [3.8, 4) is 0 Å². The van der Waals surface area contributed by atoms with Gasteiger partial charge in [-0.05, 0) is 85.5 Å². The molecule has 0 heterocycles. The van der Waals surface area contributed by atoms with Crippen LogP contribution in [0.3, 0.4) is 0 Å². The molecule has 24 heavy (non-hydrogen) atoms. The van der Waals surface area contributed by atoms with E-state index in [-0.39, 0.29) is 0 Å². The molecule has 0 aliphatic heterocycles. The van der Waals surface area contributed by atoms with E-state index in [1.165, 1.54) is 38.5 Å². The smallest absolute Gasteiger partial charge is 0.00871 e. The quantitative estimate of drug-likeness (QED) is 0.504. The average molecular weight is 316 g/mol. The van der Waals surface area contributed by atoms with Crippen LogP contribution in [0.2, 0.25) is 0 Å². The van der Waals surface area contributed by atoms with Gasteiger partial charge in [0.15, 0.2) is 0 Å². The number of hydrogen-bond acceptors (Lipinski definition) is 0. The molecule has 0 bridgehead atoms. The van der Waals surface area contributed by atoms with Crippen molar-refractivity contribution in [1.29, 1.82) is 0 Å². The monoisotopic (exact) mass is 316 g/mol. The van der Waals surface area contributed by atoms with Crippen molar-refractivity contribution >= 4 is 0 Å². The minimum atomic E-state index is 0.708. The predicted octanol–water partition coefficient (Wildman–Crippen LogP) is 6.77. The van der Waals surface area contributed by atoms with Gasteiger partial charge < -0.3 is 0 Å². The molecular formula is C24H28. The molecule has 4 aliphatic rings. The van der Waals surface area contributed by atoms with Gasteiger partial charge in [-0.25, -0.2) is 0 Å². The Morgan fingerprint density at radius 2 is 1.83 bits per heavy atom. The fraction of sp³-hybridized carbons (Fsp3) is 0.417. The van der Waals surface area contributed by atoms with Gasteiger partial charge in [-0.2, -0.15) is 0 Å². The summed E-state index contributed by atoms with van der Waals surface area (Å²) in [5, 5.41) is 0. The van der Waals surface area contributed by atoms with E-state index in [4.69, 9.17) is 0 Å². The van der Waals surface area contributed by atoms with Crippen molar-refractivity contribution < 1.29 is 0 Å². The van der Waals surface area contributed by atoms with Gasteiger partial charge in [-0.3, -0.25) is 0 Å². The molecule has 124 valence electrons. The topological polar surface area (TPSA) is 0 Å². The molecule has 0 aromatic heterocycles. The van der Waals surface area contributed by atoms with Crippen molar-refractivity contribution in [3.05, 3.63) is 83.1 Å². The Morgan fingerprint density at radius 3 is 2.58 bits per heavy atom. The molecule has 0 aromatic rings. The first-order chi connectivity index (χ1) is 11.9. The lowest BCUT2D eigenvalue weighted by Gasteiger charge is -2.35. The zero-order valence-electron chi connectivity index (χ0n) is 14.6. The van der Waals surface area contributed by atoms with Crippen LogP contribution in [0, 0.1) is 11.8 Å². The first-order valence-corrected chi connectivity index (χ1v) is 9.69. The van der Waals surface area contributed by atoms with Gasteiger partial charge in [-0.1, -0.05) is 60.8 Å². The molecule has 0 fully saturated rings. The lowest BCUT2D eigenvalue weighted by Crippen LogP contribution is -2.23. The Labute approximate surface area is 146 Å². The van der Waals surface area contributed by atoms with Crippen molar-refractivity contribution in [2.75, 3.05) is 0 Å². The van der Waals surface area contributed by atoms with Crippen LogP contribution in [0.15, 0.2) is 83.1 Å². The molecule has 2 unspecified atom stereocenters. The summed E-state index contributed by atoms with van der Waals surface area (Å²) in [4.78, 5) is 0. The second-order valence-electron chi connectivity index (χ2n) is 7.42. The summed E-state index contributed by atoms with van der Waals surface area (Å²) in [5.74, 6) is 1.52. The van der Waals surface area contributed by atoms with Crippen LogP contribution < -0.4 is 0 Å². The number of hydrogen-bond donors (Lipinski definition) is 0. The maximum absolute atomic E-state index is 2.45. The molecule has 0 heteroatoms. The molecule has 0 aromatic carbocycles. The van der Waals surface area contributed by atoms with Crippen LogP contribution in [0.25, 0.3) is 0 Å². The van der Waals surface area contributed by atoms with Crippen molar-refractivity contribution in [2.45, 2.75) is 51.4 Å². The number of rotatable bonds is 3. The molecule has 0 amide bonds. The third-order valence-electron chi connectivity index (χ3n) is 5.92. The van der Waals surface area contributed by atoms with E-state index in [0.717, 1.165) is 18.8 Å². The fourth-order valence-electron chi connectivity index (χ4n) is 4.69. The van der Waals surface area contributed by atoms with E-state index in [0.29, 0.717) is 5.92 Å². The van der Waals surface area contributed by atoms with Crippen LogP contribution >= 0.6 is 0 Å². The highest BCUT2D eigenvalue weighted by molar-refractivity contribution is 5.56. The highest BCUT2D eigenvalue weighted by Gasteiger charge is 2.30. The maximum atomic E-state index is 2.45. The van der Waals surface area contributed by atoms with Gasteiger partial charge >= 0.3 is 0 Å². The average Bonchev–Trinajstić information content (AvgIpc) is 2.69. The zero-order valence-corrected chi connectivity index (χ0v) is 14.6. The normalized spacial score (nSPS) is 29.7. The Hall–Kier alpha value is -1.82. The van der Waals surface area contributed by atoms with Gasteiger partial charge in [0.1, 0.15) is 0 Å². The standard InChI is InChI=1S/C24H28/c1-4-11-19(12-5-1)22-17-10-18-23(20-13-6-2-7-14-20)24(22)21-15-8-3-9-16-21/h1-4,6,8,10,12,15,17,20,23H,5,7,9,11,13-14,16,18H2. The zero-order chi connectivity index (χ0) is 16.2. The van der Waals surface area contributed by atoms with E-state index in [9.17, 15) is 0 Å². The van der Waals surface area contributed by atoms with Gasteiger partial charge in [0, 0.05) is 0 Å². The first kappa shape index (κ1) is 15.7. The van der Waals surface area contributed by atoms with Gasteiger partial charge in [0.05, 0.1) is 0 Å². The highest BCUT2D eigenvalue weighted by Crippen LogP contribution is 2.44.